The number of alkyl halides is 3. The monoisotopic (exact) mass is 587 g/mol. The van der Waals surface area contributed by atoms with Gasteiger partial charge < -0.3 is 10.6 Å². The highest BCUT2D eigenvalue weighted by atomic mass is 35.5. The van der Waals surface area contributed by atoms with E-state index in [0.29, 0.717) is 35.9 Å². The van der Waals surface area contributed by atoms with Crippen molar-refractivity contribution >= 4 is 52.1 Å². The lowest BCUT2D eigenvalue weighted by molar-refractivity contribution is -0.138. The highest BCUT2D eigenvalue weighted by Crippen LogP contribution is 2.49. The summed E-state index contributed by atoms with van der Waals surface area (Å²) in [7, 11) is 0. The highest BCUT2D eigenvalue weighted by Gasteiger charge is 2.60. The predicted octanol–water partition coefficient (Wildman–Crippen LogP) is 5.52. The van der Waals surface area contributed by atoms with Gasteiger partial charge in [-0.1, -0.05) is 23.7 Å². The fourth-order valence-corrected chi connectivity index (χ4v) is 5.64. The topological polar surface area (TPSA) is 103 Å². The highest BCUT2D eigenvalue weighted by molar-refractivity contribution is 7.81. The average molecular weight is 588 g/mol. The number of aromatic nitrogens is 1. The molecule has 204 valence electrons. The van der Waals surface area contributed by atoms with Crippen molar-refractivity contribution in [3.8, 4) is 6.07 Å². The summed E-state index contributed by atoms with van der Waals surface area (Å²) in [5, 5.41) is 9.39. The summed E-state index contributed by atoms with van der Waals surface area (Å²) in [6, 6.07) is 11.2. The minimum atomic E-state index is -4.91. The number of pyridine rings is 1. The summed E-state index contributed by atoms with van der Waals surface area (Å²) in [6.45, 7) is 0. The molecule has 0 unspecified atom stereocenters. The van der Waals surface area contributed by atoms with Gasteiger partial charge in [0.1, 0.15) is 17.4 Å². The molecule has 2 amide bonds. The van der Waals surface area contributed by atoms with Crippen molar-refractivity contribution in [2.75, 3.05) is 9.80 Å². The average Bonchev–Trinajstić information content (AvgIpc) is 3.11. The maximum absolute atomic E-state index is 15.8. The molecule has 2 N–H and O–H groups in total. The summed E-state index contributed by atoms with van der Waals surface area (Å²) < 4.78 is 56.9. The van der Waals surface area contributed by atoms with Gasteiger partial charge in [0.05, 0.1) is 28.7 Å². The second kappa shape index (κ2) is 9.83. The van der Waals surface area contributed by atoms with Gasteiger partial charge in [-0.05, 0) is 67.4 Å². The molecule has 2 aliphatic rings. The first kappa shape index (κ1) is 27.5. The quantitative estimate of drug-likeness (QED) is 0.312. The number of hydrogen-bond donors (Lipinski definition) is 1. The molecular formula is C27H18ClF4N5O2S. The third-order valence-corrected chi connectivity index (χ3v) is 7.77. The molecule has 2 heterocycles. The number of halogens is 5. The van der Waals surface area contributed by atoms with E-state index in [2.05, 4.69) is 4.98 Å². The lowest BCUT2D eigenvalue weighted by atomic mass is 9.75. The smallest absolute Gasteiger partial charge is 0.366 e. The molecule has 0 radical (unpaired) electrons. The number of nitrogens with two attached hydrogens (primary N) is 1. The van der Waals surface area contributed by atoms with E-state index in [9.17, 15) is 22.8 Å². The van der Waals surface area contributed by atoms with E-state index in [4.69, 9.17) is 34.8 Å². The lowest BCUT2D eigenvalue weighted by Crippen LogP contribution is -2.55. The molecule has 1 spiro atoms. The number of rotatable bonds is 5. The number of nitrogens with zero attached hydrogens (tertiary/aromatic N) is 4. The molecule has 3 aromatic rings. The van der Waals surface area contributed by atoms with Gasteiger partial charge in [0.2, 0.25) is 0 Å². The second-order valence-electron chi connectivity index (χ2n) is 9.44. The molecule has 1 aliphatic heterocycles. The summed E-state index contributed by atoms with van der Waals surface area (Å²) in [4.78, 5) is 31.8. The van der Waals surface area contributed by atoms with Crippen LogP contribution in [0.1, 0.15) is 52.0 Å². The molecule has 0 bridgehead atoms. The first-order chi connectivity index (χ1) is 18.9. The first-order valence-electron chi connectivity index (χ1n) is 11.9. The Labute approximate surface area is 235 Å². The lowest BCUT2D eigenvalue weighted by Gasteiger charge is -2.43. The summed E-state index contributed by atoms with van der Waals surface area (Å²) in [5.74, 6) is -2.49. The maximum Gasteiger partial charge on any atom is 0.419 e. The van der Waals surface area contributed by atoms with E-state index < -0.39 is 40.6 Å². The van der Waals surface area contributed by atoms with Crippen LogP contribution >= 0.6 is 23.8 Å². The SMILES string of the molecule is N#Cc1ncc(N2C(=O)C3(CCC3)N(c3ccc(C(N)=O)c(F)c3Cc3ccc(Cl)cc3)C2=S)cc1C(F)(F)F. The molecule has 1 saturated carbocycles. The number of carbonyl (C=O) groups is 2. The first-order valence-corrected chi connectivity index (χ1v) is 12.7. The molecule has 7 nitrogen and oxygen atoms in total. The van der Waals surface area contributed by atoms with Crippen LogP contribution in [-0.4, -0.2) is 27.4 Å². The van der Waals surface area contributed by atoms with Gasteiger partial charge in [-0.2, -0.15) is 18.4 Å². The molecule has 1 saturated heterocycles. The summed E-state index contributed by atoms with van der Waals surface area (Å²) >= 11 is 11.6. The van der Waals surface area contributed by atoms with Crippen molar-refractivity contribution in [1.29, 1.82) is 5.26 Å². The molecule has 1 aromatic heterocycles. The van der Waals surface area contributed by atoms with E-state index >= 15 is 4.39 Å². The Morgan fingerprint density at radius 3 is 2.42 bits per heavy atom. The van der Waals surface area contributed by atoms with Crippen molar-refractivity contribution in [2.24, 2.45) is 5.73 Å². The Bertz CT molecular complexity index is 1620. The zero-order chi connectivity index (χ0) is 29.0. The number of carbonyl (C=O) groups excluding carboxylic acids is 2. The molecule has 5 rings (SSSR count). The van der Waals surface area contributed by atoms with Gasteiger partial charge in [-0.15, -0.1) is 0 Å². The number of amides is 2. The van der Waals surface area contributed by atoms with Crippen LogP contribution in [0.5, 0.6) is 0 Å². The molecular weight excluding hydrogens is 570 g/mol. The molecule has 1 aliphatic carbocycles. The van der Waals surface area contributed by atoms with Crippen LogP contribution in [0.4, 0.5) is 28.9 Å². The zero-order valence-corrected chi connectivity index (χ0v) is 22.0. The number of hydrogen-bond acceptors (Lipinski definition) is 5. The van der Waals surface area contributed by atoms with E-state index in [1.807, 2.05) is 0 Å². The fourth-order valence-electron chi connectivity index (χ4n) is 5.05. The van der Waals surface area contributed by atoms with Crippen LogP contribution in [0.25, 0.3) is 0 Å². The number of anilines is 2. The summed E-state index contributed by atoms with van der Waals surface area (Å²) in [6.07, 6.45) is -2.74. The van der Waals surface area contributed by atoms with Gasteiger partial charge >= 0.3 is 6.18 Å². The Balaban J connectivity index is 1.66. The van der Waals surface area contributed by atoms with Gasteiger partial charge in [0, 0.05) is 17.0 Å². The van der Waals surface area contributed by atoms with E-state index in [1.54, 1.807) is 24.3 Å². The van der Waals surface area contributed by atoms with Crippen LogP contribution < -0.4 is 15.5 Å². The molecule has 0 atom stereocenters. The van der Waals surface area contributed by atoms with Crippen molar-refractivity contribution in [2.45, 2.75) is 37.4 Å². The van der Waals surface area contributed by atoms with Gasteiger partial charge in [-0.25, -0.2) is 9.37 Å². The van der Waals surface area contributed by atoms with Crippen molar-refractivity contribution in [3.05, 3.63) is 87.4 Å². The van der Waals surface area contributed by atoms with Gasteiger partial charge in [0.15, 0.2) is 10.8 Å². The predicted molar refractivity (Wildman–Crippen MR) is 142 cm³/mol. The van der Waals surface area contributed by atoms with Crippen LogP contribution in [0.2, 0.25) is 5.02 Å². The Morgan fingerprint density at radius 2 is 1.88 bits per heavy atom. The van der Waals surface area contributed by atoms with Crippen molar-refractivity contribution in [3.63, 3.8) is 0 Å². The van der Waals surface area contributed by atoms with Crippen LogP contribution in [-0.2, 0) is 17.4 Å². The van der Waals surface area contributed by atoms with Crippen molar-refractivity contribution in [1.82, 2.24) is 4.98 Å². The zero-order valence-electron chi connectivity index (χ0n) is 20.4. The third kappa shape index (κ3) is 4.35. The van der Waals surface area contributed by atoms with Gasteiger partial charge in [0.25, 0.3) is 11.8 Å². The number of thiocarbonyl (C=S) groups is 1. The number of primary amides is 1. The maximum atomic E-state index is 15.8. The minimum Gasteiger partial charge on any atom is -0.366 e. The van der Waals surface area contributed by atoms with Crippen LogP contribution in [0.15, 0.2) is 48.7 Å². The standard InChI is InChI=1S/C27H18ClF4N5O2S/c28-15-4-2-14(3-5-15)10-18-21(7-6-17(22(18)29)23(34)38)37-25(40)36(24(39)26(37)8-1-9-26)16-11-19(27(30,31)32)20(12-33)35-13-16/h2-7,11,13H,1,8-10H2,(H2,34,38). The largest absolute Gasteiger partial charge is 0.419 e. The Morgan fingerprint density at radius 1 is 1.20 bits per heavy atom. The Kier molecular flexibility index (Phi) is 6.76. The van der Waals surface area contributed by atoms with Crippen molar-refractivity contribution < 1.29 is 27.2 Å². The van der Waals surface area contributed by atoms with E-state index in [0.717, 1.165) is 11.1 Å². The van der Waals surface area contributed by atoms with E-state index in [1.165, 1.54) is 23.1 Å². The second-order valence-corrected chi connectivity index (χ2v) is 10.2. The molecule has 2 aromatic carbocycles. The normalized spacial score (nSPS) is 16.3. The van der Waals surface area contributed by atoms with Crippen LogP contribution in [0.3, 0.4) is 0 Å². The Hall–Kier alpha value is -4.08. The molecule has 40 heavy (non-hydrogen) atoms. The van der Waals surface area contributed by atoms with Gasteiger partial charge in [-0.3, -0.25) is 14.5 Å². The molecule has 13 heteroatoms. The van der Waals surface area contributed by atoms with Crippen LogP contribution in [0, 0.1) is 17.1 Å². The number of benzene rings is 2. The van der Waals surface area contributed by atoms with E-state index in [-0.39, 0.29) is 34.0 Å². The fraction of sp³-hybridized carbons (Fsp3) is 0.222. The number of nitriles is 1. The third-order valence-electron chi connectivity index (χ3n) is 7.15. The minimum absolute atomic E-state index is 0.0239. The molecule has 2 fully saturated rings. The summed E-state index contributed by atoms with van der Waals surface area (Å²) in [5.41, 5.74) is 2.14.